The van der Waals surface area contributed by atoms with Gasteiger partial charge in [-0.05, 0) is 31.2 Å². The number of benzene rings is 1. The molecule has 1 aromatic carbocycles. The van der Waals surface area contributed by atoms with E-state index in [0.717, 1.165) is 16.9 Å². The van der Waals surface area contributed by atoms with Crippen molar-refractivity contribution in [2.24, 2.45) is 5.92 Å². The van der Waals surface area contributed by atoms with Gasteiger partial charge in [0.1, 0.15) is 0 Å². The number of hydrogen-bond donors (Lipinski definition) is 1. The second-order valence-electron chi connectivity index (χ2n) is 6.10. The van der Waals surface area contributed by atoms with E-state index >= 15 is 0 Å². The largest absolute Gasteiger partial charge is 0.355 e. The number of pyridine rings is 1. The normalized spacial score (nSPS) is 17.1. The molecule has 1 fully saturated rings. The van der Waals surface area contributed by atoms with Gasteiger partial charge in [-0.2, -0.15) is 0 Å². The van der Waals surface area contributed by atoms with Crippen molar-refractivity contribution < 1.29 is 9.59 Å². The SMILES string of the molecule is Cc1ccc(N2C[C@@H](C(=O)NCCc3ccccn3)CC2=O)cc1. The third kappa shape index (κ3) is 3.79. The van der Waals surface area contributed by atoms with Crippen LogP contribution in [0.4, 0.5) is 5.69 Å². The van der Waals surface area contributed by atoms with Crippen molar-refractivity contribution in [1.82, 2.24) is 10.3 Å². The highest BCUT2D eigenvalue weighted by molar-refractivity contribution is 6.00. The molecule has 0 bridgehead atoms. The summed E-state index contributed by atoms with van der Waals surface area (Å²) in [5, 5.41) is 2.92. The summed E-state index contributed by atoms with van der Waals surface area (Å²) in [7, 11) is 0. The fourth-order valence-electron chi connectivity index (χ4n) is 2.86. The minimum atomic E-state index is -0.289. The lowest BCUT2D eigenvalue weighted by molar-refractivity contribution is -0.126. The van der Waals surface area contributed by atoms with E-state index in [0.29, 0.717) is 19.5 Å². The molecule has 2 amide bonds. The maximum absolute atomic E-state index is 12.3. The van der Waals surface area contributed by atoms with Crippen molar-refractivity contribution >= 4 is 17.5 Å². The molecule has 3 rings (SSSR count). The minimum Gasteiger partial charge on any atom is -0.355 e. The Hall–Kier alpha value is -2.69. The number of hydrogen-bond acceptors (Lipinski definition) is 3. The maximum Gasteiger partial charge on any atom is 0.227 e. The van der Waals surface area contributed by atoms with Gasteiger partial charge in [0.25, 0.3) is 0 Å². The Morgan fingerprint density at radius 3 is 2.75 bits per heavy atom. The molecule has 1 aliphatic heterocycles. The Morgan fingerprint density at radius 2 is 2.04 bits per heavy atom. The molecule has 1 saturated heterocycles. The van der Waals surface area contributed by atoms with Crippen molar-refractivity contribution in [3.8, 4) is 0 Å². The lowest BCUT2D eigenvalue weighted by atomic mass is 10.1. The zero-order valence-corrected chi connectivity index (χ0v) is 13.7. The van der Waals surface area contributed by atoms with E-state index in [2.05, 4.69) is 10.3 Å². The molecule has 1 aromatic heterocycles. The van der Waals surface area contributed by atoms with Crippen molar-refractivity contribution in [3.05, 3.63) is 59.9 Å². The van der Waals surface area contributed by atoms with E-state index in [1.165, 1.54) is 0 Å². The molecular formula is C19H21N3O2. The fraction of sp³-hybridized carbons (Fsp3) is 0.316. The van der Waals surface area contributed by atoms with Crippen LogP contribution in [0.1, 0.15) is 17.7 Å². The average molecular weight is 323 g/mol. The van der Waals surface area contributed by atoms with E-state index < -0.39 is 0 Å². The number of aromatic nitrogens is 1. The molecule has 2 heterocycles. The Balaban J connectivity index is 1.53. The number of amides is 2. The molecule has 5 nitrogen and oxygen atoms in total. The molecule has 0 unspecified atom stereocenters. The first-order chi connectivity index (χ1) is 11.6. The fourth-order valence-corrected chi connectivity index (χ4v) is 2.86. The molecule has 1 atom stereocenters. The summed E-state index contributed by atoms with van der Waals surface area (Å²) in [6.07, 6.45) is 2.70. The topological polar surface area (TPSA) is 62.3 Å². The van der Waals surface area contributed by atoms with E-state index in [4.69, 9.17) is 0 Å². The van der Waals surface area contributed by atoms with Crippen LogP contribution in [0.15, 0.2) is 48.7 Å². The Kier molecular flexibility index (Phi) is 4.89. The van der Waals surface area contributed by atoms with Crippen LogP contribution in [0.25, 0.3) is 0 Å². The lowest BCUT2D eigenvalue weighted by Gasteiger charge is -2.17. The first-order valence-corrected chi connectivity index (χ1v) is 8.18. The van der Waals surface area contributed by atoms with Crippen molar-refractivity contribution in [1.29, 1.82) is 0 Å². The van der Waals surface area contributed by atoms with Crippen LogP contribution in [0.2, 0.25) is 0 Å². The molecule has 2 aromatic rings. The van der Waals surface area contributed by atoms with Gasteiger partial charge < -0.3 is 10.2 Å². The molecule has 0 spiro atoms. The maximum atomic E-state index is 12.3. The third-order valence-corrected chi connectivity index (χ3v) is 4.25. The van der Waals surface area contributed by atoms with Gasteiger partial charge in [0.15, 0.2) is 0 Å². The van der Waals surface area contributed by atoms with Crippen LogP contribution in [-0.4, -0.2) is 29.9 Å². The summed E-state index contributed by atoms with van der Waals surface area (Å²) >= 11 is 0. The van der Waals surface area contributed by atoms with Crippen LogP contribution >= 0.6 is 0 Å². The Morgan fingerprint density at radius 1 is 1.25 bits per heavy atom. The van der Waals surface area contributed by atoms with Crippen LogP contribution in [0.3, 0.4) is 0 Å². The second kappa shape index (κ2) is 7.25. The van der Waals surface area contributed by atoms with Gasteiger partial charge in [-0.3, -0.25) is 14.6 Å². The third-order valence-electron chi connectivity index (χ3n) is 4.25. The zero-order valence-electron chi connectivity index (χ0n) is 13.7. The number of nitrogens with one attached hydrogen (secondary N) is 1. The number of carbonyl (C=O) groups is 2. The van der Waals surface area contributed by atoms with Crippen LogP contribution < -0.4 is 10.2 Å². The molecule has 1 N–H and O–H groups in total. The van der Waals surface area contributed by atoms with E-state index in [9.17, 15) is 9.59 Å². The van der Waals surface area contributed by atoms with Crippen LogP contribution in [0.5, 0.6) is 0 Å². The van der Waals surface area contributed by atoms with Gasteiger partial charge in [0, 0.05) is 43.5 Å². The second-order valence-corrected chi connectivity index (χ2v) is 6.10. The predicted octanol–water partition coefficient (Wildman–Crippen LogP) is 2.10. The summed E-state index contributed by atoms with van der Waals surface area (Å²) in [6.45, 7) is 2.98. The van der Waals surface area contributed by atoms with Crippen molar-refractivity contribution in [2.75, 3.05) is 18.0 Å². The van der Waals surface area contributed by atoms with Crippen LogP contribution in [-0.2, 0) is 16.0 Å². The zero-order chi connectivity index (χ0) is 16.9. The van der Waals surface area contributed by atoms with Crippen LogP contribution in [0, 0.1) is 12.8 Å². The van der Waals surface area contributed by atoms with Crippen molar-refractivity contribution in [3.63, 3.8) is 0 Å². The number of rotatable bonds is 5. The highest BCUT2D eigenvalue weighted by Crippen LogP contribution is 2.25. The number of anilines is 1. The lowest BCUT2D eigenvalue weighted by Crippen LogP contribution is -2.34. The number of aryl methyl sites for hydroxylation is 1. The van der Waals surface area contributed by atoms with E-state index in [1.807, 2.05) is 49.4 Å². The molecule has 5 heteroatoms. The van der Waals surface area contributed by atoms with Gasteiger partial charge in [-0.1, -0.05) is 23.8 Å². The molecule has 124 valence electrons. The predicted molar refractivity (Wildman–Crippen MR) is 92.6 cm³/mol. The van der Waals surface area contributed by atoms with E-state index in [-0.39, 0.29) is 24.2 Å². The minimum absolute atomic E-state index is 0.00345. The first kappa shape index (κ1) is 16.2. The number of carbonyl (C=O) groups excluding carboxylic acids is 2. The van der Waals surface area contributed by atoms with Gasteiger partial charge in [0.2, 0.25) is 11.8 Å². The smallest absolute Gasteiger partial charge is 0.227 e. The highest BCUT2D eigenvalue weighted by Gasteiger charge is 2.34. The van der Waals surface area contributed by atoms with Gasteiger partial charge in [0.05, 0.1) is 5.92 Å². The average Bonchev–Trinajstić information content (AvgIpc) is 2.98. The molecular weight excluding hydrogens is 302 g/mol. The summed E-state index contributed by atoms with van der Waals surface area (Å²) in [6, 6.07) is 13.5. The van der Waals surface area contributed by atoms with E-state index in [1.54, 1.807) is 11.1 Å². The van der Waals surface area contributed by atoms with Crippen molar-refractivity contribution in [2.45, 2.75) is 19.8 Å². The quantitative estimate of drug-likeness (QED) is 0.916. The Labute approximate surface area is 141 Å². The monoisotopic (exact) mass is 323 g/mol. The van der Waals surface area contributed by atoms with Gasteiger partial charge in [-0.15, -0.1) is 0 Å². The molecule has 1 aliphatic rings. The first-order valence-electron chi connectivity index (χ1n) is 8.18. The highest BCUT2D eigenvalue weighted by atomic mass is 16.2. The van der Waals surface area contributed by atoms with Gasteiger partial charge >= 0.3 is 0 Å². The summed E-state index contributed by atoms with van der Waals surface area (Å²) < 4.78 is 0. The molecule has 0 radical (unpaired) electrons. The Bertz CT molecular complexity index is 713. The number of nitrogens with zero attached hydrogens (tertiary/aromatic N) is 2. The standard InChI is InChI=1S/C19H21N3O2/c1-14-5-7-17(8-6-14)22-13-15(12-18(22)23)19(24)21-11-9-16-4-2-3-10-20-16/h2-8,10,15H,9,11-13H2,1H3,(H,21,24)/t15-/m0/s1. The molecule has 24 heavy (non-hydrogen) atoms. The summed E-state index contributed by atoms with van der Waals surface area (Å²) in [4.78, 5) is 30.4. The summed E-state index contributed by atoms with van der Waals surface area (Å²) in [5.74, 6) is -0.347. The molecule has 0 aliphatic carbocycles. The molecule has 0 saturated carbocycles. The summed E-state index contributed by atoms with van der Waals surface area (Å²) in [5.41, 5.74) is 2.95. The van der Waals surface area contributed by atoms with Gasteiger partial charge in [-0.25, -0.2) is 0 Å².